The Bertz CT molecular complexity index is 665. The maximum atomic E-state index is 10.9. The van der Waals surface area contributed by atoms with Gasteiger partial charge in [-0.3, -0.25) is 9.78 Å². The molecule has 3 N–H and O–H groups in total. The third-order valence-electron chi connectivity index (χ3n) is 3.06. The lowest BCUT2D eigenvalue weighted by molar-refractivity contribution is -0.119. The minimum atomic E-state index is -0.540. The summed E-state index contributed by atoms with van der Waals surface area (Å²) < 4.78 is 11.4. The highest BCUT2D eigenvalue weighted by atomic mass is 79.9. The number of aromatic nitrogens is 1. The standard InChI is InChI=1S/C16H18BrN3O3/c1-22-14-7-12(6-13(17)16(14)23-10-15(18)21)9-20-8-11-2-4-19-5-3-11/h2-7,20H,8-10H2,1H3,(H2,18,21). The van der Waals surface area contributed by atoms with E-state index in [2.05, 4.69) is 26.2 Å². The minimum Gasteiger partial charge on any atom is -0.493 e. The molecule has 2 rings (SSSR count). The molecule has 6 nitrogen and oxygen atoms in total. The molecule has 0 aliphatic rings. The molecule has 0 atom stereocenters. The van der Waals surface area contributed by atoms with Crippen LogP contribution in [0.5, 0.6) is 11.5 Å². The summed E-state index contributed by atoms with van der Waals surface area (Å²) in [7, 11) is 1.55. The Labute approximate surface area is 143 Å². The van der Waals surface area contributed by atoms with Crippen molar-refractivity contribution >= 4 is 21.8 Å². The fourth-order valence-electron chi connectivity index (χ4n) is 2.01. The van der Waals surface area contributed by atoms with E-state index in [0.29, 0.717) is 22.5 Å². The number of rotatable bonds is 8. The summed E-state index contributed by atoms with van der Waals surface area (Å²) >= 11 is 3.43. The molecule has 7 heteroatoms. The van der Waals surface area contributed by atoms with Crippen molar-refractivity contribution in [1.29, 1.82) is 0 Å². The number of nitrogens with two attached hydrogens (primary N) is 1. The summed E-state index contributed by atoms with van der Waals surface area (Å²) in [5, 5.41) is 3.35. The van der Waals surface area contributed by atoms with Gasteiger partial charge in [0.1, 0.15) is 0 Å². The number of nitrogens with one attached hydrogen (secondary N) is 1. The molecule has 122 valence electrons. The van der Waals surface area contributed by atoms with Gasteiger partial charge in [0, 0.05) is 25.5 Å². The number of hydrogen-bond donors (Lipinski definition) is 2. The maximum Gasteiger partial charge on any atom is 0.255 e. The number of amides is 1. The highest BCUT2D eigenvalue weighted by molar-refractivity contribution is 9.10. The van der Waals surface area contributed by atoms with Crippen molar-refractivity contribution in [2.45, 2.75) is 13.1 Å². The van der Waals surface area contributed by atoms with Crippen molar-refractivity contribution < 1.29 is 14.3 Å². The number of nitrogens with zero attached hydrogens (tertiary/aromatic N) is 1. The number of methoxy groups -OCH3 is 1. The van der Waals surface area contributed by atoms with Crippen molar-refractivity contribution in [3.05, 3.63) is 52.3 Å². The largest absolute Gasteiger partial charge is 0.493 e. The van der Waals surface area contributed by atoms with Crippen LogP contribution in [0.3, 0.4) is 0 Å². The van der Waals surface area contributed by atoms with Crippen LogP contribution in [0.1, 0.15) is 11.1 Å². The van der Waals surface area contributed by atoms with Crippen LogP contribution < -0.4 is 20.5 Å². The highest BCUT2D eigenvalue weighted by Crippen LogP contribution is 2.36. The van der Waals surface area contributed by atoms with Gasteiger partial charge < -0.3 is 20.5 Å². The molecule has 1 amide bonds. The second kappa shape index (κ2) is 8.50. The molecule has 1 aromatic carbocycles. The molecule has 1 aromatic heterocycles. The van der Waals surface area contributed by atoms with Gasteiger partial charge in [0.15, 0.2) is 18.1 Å². The van der Waals surface area contributed by atoms with Crippen LogP contribution in [-0.4, -0.2) is 24.6 Å². The minimum absolute atomic E-state index is 0.200. The number of benzene rings is 1. The van der Waals surface area contributed by atoms with E-state index in [1.807, 2.05) is 24.3 Å². The molecule has 0 fully saturated rings. The summed E-state index contributed by atoms with van der Waals surface area (Å²) in [6.07, 6.45) is 3.53. The summed E-state index contributed by atoms with van der Waals surface area (Å²) in [5.41, 5.74) is 7.28. The van der Waals surface area contributed by atoms with E-state index in [1.165, 1.54) is 0 Å². The number of carbonyl (C=O) groups excluding carboxylic acids is 1. The molecule has 23 heavy (non-hydrogen) atoms. The Morgan fingerprint density at radius 1 is 1.26 bits per heavy atom. The molecule has 0 spiro atoms. The molecule has 1 heterocycles. The first-order chi connectivity index (χ1) is 11.1. The number of pyridine rings is 1. The zero-order valence-corrected chi connectivity index (χ0v) is 14.3. The average Bonchev–Trinajstić information content (AvgIpc) is 2.54. The molecule has 2 aromatic rings. The van der Waals surface area contributed by atoms with Gasteiger partial charge in [-0.25, -0.2) is 0 Å². The molecule has 0 radical (unpaired) electrons. The van der Waals surface area contributed by atoms with Gasteiger partial charge >= 0.3 is 0 Å². The van der Waals surface area contributed by atoms with Crippen molar-refractivity contribution in [1.82, 2.24) is 10.3 Å². The van der Waals surface area contributed by atoms with Gasteiger partial charge in [0.05, 0.1) is 11.6 Å². The van der Waals surface area contributed by atoms with Gasteiger partial charge in [-0.1, -0.05) is 0 Å². The van der Waals surface area contributed by atoms with Crippen molar-refractivity contribution in [3.8, 4) is 11.5 Å². The molecule has 0 bridgehead atoms. The lowest BCUT2D eigenvalue weighted by Crippen LogP contribution is -2.20. The zero-order valence-electron chi connectivity index (χ0n) is 12.7. The van der Waals surface area contributed by atoms with Crippen LogP contribution in [0, 0.1) is 0 Å². The van der Waals surface area contributed by atoms with Gasteiger partial charge in [-0.15, -0.1) is 0 Å². The summed E-state index contributed by atoms with van der Waals surface area (Å²) in [6.45, 7) is 1.20. The molecule has 0 aliphatic carbocycles. The van der Waals surface area contributed by atoms with E-state index in [1.54, 1.807) is 19.5 Å². The van der Waals surface area contributed by atoms with Crippen molar-refractivity contribution in [3.63, 3.8) is 0 Å². The highest BCUT2D eigenvalue weighted by Gasteiger charge is 2.12. The molecule has 0 aliphatic heterocycles. The lowest BCUT2D eigenvalue weighted by atomic mass is 10.2. The fraction of sp³-hybridized carbons (Fsp3) is 0.250. The topological polar surface area (TPSA) is 86.5 Å². The zero-order chi connectivity index (χ0) is 16.7. The second-order valence-electron chi connectivity index (χ2n) is 4.82. The van der Waals surface area contributed by atoms with Gasteiger partial charge in [-0.2, -0.15) is 0 Å². The van der Waals surface area contributed by atoms with Crippen LogP contribution in [0.4, 0.5) is 0 Å². The van der Waals surface area contributed by atoms with E-state index < -0.39 is 5.91 Å². The number of primary amides is 1. The molecule has 0 saturated carbocycles. The number of halogens is 1. The Balaban J connectivity index is 2.02. The summed E-state index contributed by atoms with van der Waals surface area (Å²) in [4.78, 5) is 14.8. The summed E-state index contributed by atoms with van der Waals surface area (Å²) in [5.74, 6) is 0.465. The van der Waals surface area contributed by atoms with Crippen LogP contribution in [0.2, 0.25) is 0 Å². The Kier molecular flexibility index (Phi) is 6.37. The average molecular weight is 380 g/mol. The predicted molar refractivity (Wildman–Crippen MR) is 90.2 cm³/mol. The number of hydrogen-bond acceptors (Lipinski definition) is 5. The number of ether oxygens (including phenoxy) is 2. The lowest BCUT2D eigenvalue weighted by Gasteiger charge is -2.14. The van der Waals surface area contributed by atoms with Crippen LogP contribution >= 0.6 is 15.9 Å². The Morgan fingerprint density at radius 2 is 1.96 bits per heavy atom. The van der Waals surface area contributed by atoms with E-state index in [9.17, 15) is 4.79 Å². The van der Waals surface area contributed by atoms with Gasteiger partial charge in [0.25, 0.3) is 5.91 Å². The van der Waals surface area contributed by atoms with Crippen LogP contribution in [0.25, 0.3) is 0 Å². The van der Waals surface area contributed by atoms with E-state index in [-0.39, 0.29) is 6.61 Å². The van der Waals surface area contributed by atoms with E-state index in [0.717, 1.165) is 17.7 Å². The molecular weight excluding hydrogens is 362 g/mol. The van der Waals surface area contributed by atoms with Crippen molar-refractivity contribution in [2.75, 3.05) is 13.7 Å². The molecule has 0 unspecified atom stereocenters. The summed E-state index contributed by atoms with van der Waals surface area (Å²) in [6, 6.07) is 7.70. The molecule has 0 saturated heterocycles. The van der Waals surface area contributed by atoms with Crippen LogP contribution in [-0.2, 0) is 17.9 Å². The second-order valence-corrected chi connectivity index (χ2v) is 5.68. The normalized spacial score (nSPS) is 10.3. The maximum absolute atomic E-state index is 10.9. The quantitative estimate of drug-likeness (QED) is 0.732. The predicted octanol–water partition coefficient (Wildman–Crippen LogP) is 2.01. The third-order valence-corrected chi connectivity index (χ3v) is 3.64. The first-order valence-electron chi connectivity index (χ1n) is 6.97. The van der Waals surface area contributed by atoms with E-state index in [4.69, 9.17) is 15.2 Å². The van der Waals surface area contributed by atoms with Gasteiger partial charge in [0.2, 0.25) is 0 Å². The Morgan fingerprint density at radius 3 is 2.61 bits per heavy atom. The SMILES string of the molecule is COc1cc(CNCc2ccncc2)cc(Br)c1OCC(N)=O. The van der Waals surface area contributed by atoms with E-state index >= 15 is 0 Å². The number of carbonyl (C=O) groups is 1. The fourth-order valence-corrected chi connectivity index (χ4v) is 2.61. The first kappa shape index (κ1) is 17.2. The third kappa shape index (κ3) is 5.22. The van der Waals surface area contributed by atoms with Gasteiger partial charge in [-0.05, 0) is 51.3 Å². The van der Waals surface area contributed by atoms with Crippen molar-refractivity contribution in [2.24, 2.45) is 5.73 Å². The van der Waals surface area contributed by atoms with Crippen LogP contribution in [0.15, 0.2) is 41.1 Å². The molecular formula is C16H18BrN3O3. The smallest absolute Gasteiger partial charge is 0.255 e. The monoisotopic (exact) mass is 379 g/mol. The first-order valence-corrected chi connectivity index (χ1v) is 7.76. The Hall–Kier alpha value is -2.12.